The van der Waals surface area contributed by atoms with Crippen molar-refractivity contribution in [2.45, 2.75) is 13.0 Å². The van der Waals surface area contributed by atoms with Crippen molar-refractivity contribution in [3.8, 4) is 0 Å². The number of hydrogen-bond acceptors (Lipinski definition) is 5. The Labute approximate surface area is 140 Å². The summed E-state index contributed by atoms with van der Waals surface area (Å²) in [5.74, 6) is -0.558. The van der Waals surface area contributed by atoms with Gasteiger partial charge in [0.1, 0.15) is 0 Å². The van der Waals surface area contributed by atoms with Crippen LogP contribution in [0.4, 0.5) is 10.5 Å². The second-order valence-electron chi connectivity index (χ2n) is 4.63. The van der Waals surface area contributed by atoms with Crippen molar-refractivity contribution in [1.29, 1.82) is 0 Å². The highest BCUT2D eigenvalue weighted by molar-refractivity contribution is 9.09. The van der Waals surface area contributed by atoms with Crippen LogP contribution in [0.2, 0.25) is 0 Å². The summed E-state index contributed by atoms with van der Waals surface area (Å²) in [5, 5.41) is 16.2. The van der Waals surface area contributed by atoms with Crippen molar-refractivity contribution < 1.29 is 19.2 Å². The van der Waals surface area contributed by atoms with Gasteiger partial charge in [-0.05, 0) is 24.6 Å². The second kappa shape index (κ2) is 7.23. The second-order valence-corrected chi connectivity index (χ2v) is 5.19. The number of rotatable bonds is 5. The molecule has 0 aliphatic carbocycles. The summed E-state index contributed by atoms with van der Waals surface area (Å²) < 4.78 is 5.05. The molecule has 2 N–H and O–H groups in total. The molecule has 0 saturated heterocycles. The first-order valence-electron chi connectivity index (χ1n) is 6.76. The van der Waals surface area contributed by atoms with Crippen LogP contribution in [-0.2, 0) is 9.53 Å². The van der Waals surface area contributed by atoms with Gasteiger partial charge in [0, 0.05) is 23.2 Å². The summed E-state index contributed by atoms with van der Waals surface area (Å²) in [7, 11) is 0. The van der Waals surface area contributed by atoms with Crippen LogP contribution >= 0.6 is 15.9 Å². The highest BCUT2D eigenvalue weighted by Crippen LogP contribution is 2.29. The van der Waals surface area contributed by atoms with Gasteiger partial charge >= 0.3 is 12.0 Å². The number of benzene rings is 1. The minimum atomic E-state index is -0.740. The van der Waals surface area contributed by atoms with E-state index in [4.69, 9.17) is 4.74 Å². The Hall–Kier alpha value is -2.42. The average molecular weight is 384 g/mol. The van der Waals surface area contributed by atoms with Crippen LogP contribution in [0.3, 0.4) is 0 Å². The van der Waals surface area contributed by atoms with E-state index in [0.29, 0.717) is 11.3 Å². The SMILES string of the molecule is CCOC(=O)C1=C(CBr)NC(=O)N[C@H]1c1ccc([N+](=O)[O-])cc1. The molecular formula is C14H14BrN3O5. The molecule has 0 spiro atoms. The van der Waals surface area contributed by atoms with Gasteiger partial charge in [-0.15, -0.1) is 0 Å². The number of alkyl halides is 1. The molecule has 0 fully saturated rings. The normalized spacial score (nSPS) is 17.3. The molecule has 1 heterocycles. The zero-order valence-electron chi connectivity index (χ0n) is 12.2. The minimum absolute atomic E-state index is 0.0728. The number of hydrogen-bond donors (Lipinski definition) is 2. The van der Waals surface area contributed by atoms with Gasteiger partial charge in [0.25, 0.3) is 5.69 Å². The summed E-state index contributed by atoms with van der Waals surface area (Å²) in [6, 6.07) is 4.44. The Morgan fingerprint density at radius 2 is 2.04 bits per heavy atom. The number of nitrogens with one attached hydrogen (secondary N) is 2. The Morgan fingerprint density at radius 3 is 2.57 bits per heavy atom. The van der Waals surface area contributed by atoms with E-state index >= 15 is 0 Å². The number of carbonyl (C=O) groups excluding carboxylic acids is 2. The van der Waals surface area contributed by atoms with Crippen LogP contribution in [0.1, 0.15) is 18.5 Å². The number of nitro groups is 1. The zero-order chi connectivity index (χ0) is 17.0. The molecule has 0 aromatic heterocycles. The molecule has 122 valence electrons. The van der Waals surface area contributed by atoms with Gasteiger partial charge in [0.15, 0.2) is 0 Å². The van der Waals surface area contributed by atoms with Gasteiger partial charge in [-0.3, -0.25) is 10.1 Å². The molecule has 2 amide bonds. The van der Waals surface area contributed by atoms with Crippen LogP contribution in [0.5, 0.6) is 0 Å². The van der Waals surface area contributed by atoms with Crippen molar-refractivity contribution in [1.82, 2.24) is 10.6 Å². The van der Waals surface area contributed by atoms with Gasteiger partial charge in [0.05, 0.1) is 23.1 Å². The Bertz CT molecular complexity index is 671. The number of halogens is 1. The fraction of sp³-hybridized carbons (Fsp3) is 0.286. The van der Waals surface area contributed by atoms with E-state index in [0.717, 1.165) is 0 Å². The fourth-order valence-corrected chi connectivity index (χ4v) is 2.65. The lowest BCUT2D eigenvalue weighted by molar-refractivity contribution is -0.384. The third-order valence-electron chi connectivity index (χ3n) is 3.22. The van der Waals surface area contributed by atoms with Crippen molar-refractivity contribution in [3.05, 3.63) is 51.2 Å². The molecular weight excluding hydrogens is 370 g/mol. The fourth-order valence-electron chi connectivity index (χ4n) is 2.21. The lowest BCUT2D eigenvalue weighted by atomic mass is 9.95. The van der Waals surface area contributed by atoms with Crippen molar-refractivity contribution >= 4 is 33.6 Å². The minimum Gasteiger partial charge on any atom is -0.463 e. The quantitative estimate of drug-likeness (QED) is 0.350. The van der Waals surface area contributed by atoms with E-state index in [2.05, 4.69) is 26.6 Å². The van der Waals surface area contributed by atoms with E-state index in [1.54, 1.807) is 6.92 Å². The lowest BCUT2D eigenvalue weighted by Crippen LogP contribution is -2.46. The van der Waals surface area contributed by atoms with Crippen LogP contribution in [0, 0.1) is 10.1 Å². The maximum atomic E-state index is 12.2. The molecule has 8 nitrogen and oxygen atoms in total. The number of nitro benzene ring substituents is 1. The molecule has 1 atom stereocenters. The van der Waals surface area contributed by atoms with Crippen LogP contribution in [0.25, 0.3) is 0 Å². The standard InChI is InChI=1S/C14H14BrN3O5/c1-2-23-13(19)11-10(7-15)16-14(20)17-12(11)8-3-5-9(6-4-8)18(21)22/h3-6,12H,2,7H2,1H3,(H2,16,17,20)/t12-/m0/s1. The molecule has 1 aliphatic rings. The highest BCUT2D eigenvalue weighted by Gasteiger charge is 2.33. The third kappa shape index (κ3) is 3.67. The number of amides is 2. The van der Waals surface area contributed by atoms with Crippen LogP contribution < -0.4 is 10.6 Å². The van der Waals surface area contributed by atoms with Gasteiger partial charge < -0.3 is 15.4 Å². The number of urea groups is 1. The molecule has 1 aromatic rings. The van der Waals surface area contributed by atoms with Gasteiger partial charge in [-0.2, -0.15) is 0 Å². The maximum Gasteiger partial charge on any atom is 0.338 e. The molecule has 2 rings (SSSR count). The van der Waals surface area contributed by atoms with Gasteiger partial charge in [-0.25, -0.2) is 9.59 Å². The monoisotopic (exact) mass is 383 g/mol. The highest BCUT2D eigenvalue weighted by atomic mass is 79.9. The Morgan fingerprint density at radius 1 is 1.39 bits per heavy atom. The van der Waals surface area contributed by atoms with E-state index < -0.39 is 23.0 Å². The number of nitrogens with zero attached hydrogens (tertiary/aromatic N) is 1. The van der Waals surface area contributed by atoms with Crippen molar-refractivity contribution in [3.63, 3.8) is 0 Å². The topological polar surface area (TPSA) is 111 Å². The van der Waals surface area contributed by atoms with Crippen molar-refractivity contribution in [2.24, 2.45) is 0 Å². The molecule has 1 aromatic carbocycles. The van der Waals surface area contributed by atoms with E-state index in [1.165, 1.54) is 24.3 Å². The van der Waals surface area contributed by atoms with Crippen LogP contribution in [-0.4, -0.2) is 28.9 Å². The molecule has 1 aliphatic heterocycles. The van der Waals surface area contributed by atoms with E-state index in [9.17, 15) is 19.7 Å². The molecule has 9 heteroatoms. The summed E-state index contributed by atoms with van der Waals surface area (Å²) in [6.07, 6.45) is 0. The predicted octanol–water partition coefficient (Wildman–Crippen LogP) is 2.16. The Balaban J connectivity index is 2.45. The lowest BCUT2D eigenvalue weighted by Gasteiger charge is -2.28. The first kappa shape index (κ1) is 16.9. The first-order chi connectivity index (χ1) is 11.0. The van der Waals surface area contributed by atoms with Crippen LogP contribution in [0.15, 0.2) is 35.5 Å². The first-order valence-corrected chi connectivity index (χ1v) is 7.88. The summed E-state index contributed by atoms with van der Waals surface area (Å²) in [5.41, 5.74) is 1.14. The molecule has 0 unspecified atom stereocenters. The van der Waals surface area contributed by atoms with Gasteiger partial charge in [0.2, 0.25) is 0 Å². The van der Waals surface area contributed by atoms with Gasteiger partial charge in [-0.1, -0.05) is 15.9 Å². The maximum absolute atomic E-state index is 12.2. The predicted molar refractivity (Wildman–Crippen MR) is 85.0 cm³/mol. The summed E-state index contributed by atoms with van der Waals surface area (Å²) in [4.78, 5) is 34.2. The smallest absolute Gasteiger partial charge is 0.338 e. The Kier molecular flexibility index (Phi) is 5.32. The summed E-state index contributed by atoms with van der Waals surface area (Å²) in [6.45, 7) is 1.88. The average Bonchev–Trinajstić information content (AvgIpc) is 2.54. The number of esters is 1. The van der Waals surface area contributed by atoms with Crippen molar-refractivity contribution in [2.75, 3.05) is 11.9 Å². The molecule has 0 radical (unpaired) electrons. The zero-order valence-corrected chi connectivity index (χ0v) is 13.8. The molecule has 23 heavy (non-hydrogen) atoms. The summed E-state index contributed by atoms with van der Waals surface area (Å²) >= 11 is 3.23. The third-order valence-corrected chi connectivity index (χ3v) is 3.78. The molecule has 0 saturated carbocycles. The number of allylic oxidation sites excluding steroid dienone is 1. The molecule has 0 bridgehead atoms. The number of carbonyl (C=O) groups is 2. The number of non-ortho nitro benzene ring substituents is 1. The largest absolute Gasteiger partial charge is 0.463 e. The number of ether oxygens (including phenoxy) is 1. The van der Waals surface area contributed by atoms with E-state index in [-0.39, 0.29) is 23.2 Å². The van der Waals surface area contributed by atoms with E-state index in [1.807, 2.05) is 0 Å².